The average molecular weight is 553 g/mol. The Balaban J connectivity index is 1.96. The molecule has 0 fully saturated rings. The molecule has 0 bridgehead atoms. The molecule has 0 aliphatic rings. The zero-order valence-electron chi connectivity index (χ0n) is 22.2. The molecular formula is C28H30FN4O3PS. The van der Waals surface area contributed by atoms with Gasteiger partial charge in [-0.25, -0.2) is 12.8 Å². The topological polar surface area (TPSA) is 97.7 Å². The molecule has 0 aliphatic heterocycles. The number of hydrogen-bond acceptors (Lipinski definition) is 5. The molecule has 198 valence electrons. The van der Waals surface area contributed by atoms with Gasteiger partial charge in [-0.3, -0.25) is 10.1 Å². The number of nitrogens with one attached hydrogen (secondary N) is 1. The van der Waals surface area contributed by atoms with Gasteiger partial charge in [-0.2, -0.15) is 5.10 Å². The van der Waals surface area contributed by atoms with Crippen LogP contribution in [0.15, 0.2) is 54.9 Å². The lowest BCUT2D eigenvalue weighted by molar-refractivity contribution is 0.536. The van der Waals surface area contributed by atoms with Gasteiger partial charge in [0.25, 0.3) is 0 Å². The number of aromatic nitrogens is 4. The Bertz CT molecular complexity index is 1870. The van der Waals surface area contributed by atoms with E-state index in [-0.39, 0.29) is 11.6 Å². The molecule has 3 heterocycles. The lowest BCUT2D eigenvalue weighted by atomic mass is 9.86. The first-order chi connectivity index (χ1) is 17.7. The standard InChI is InChI=1S/C28H30FN4O3PS/c1-17-11-19(14-30-27(17)37(4,5)34)25-22-13-23-18(15-31-32-23)12-24(22)33(21-9-7-20(29)8-10-21)26(25)28(2,3)16-38(6,35)36/h7-15H,16H2,1-6H3,(H,31,32). The van der Waals surface area contributed by atoms with Crippen molar-refractivity contribution in [1.82, 2.24) is 19.7 Å². The van der Waals surface area contributed by atoms with E-state index in [1.54, 1.807) is 37.9 Å². The number of hydrogen-bond donors (Lipinski definition) is 1. The van der Waals surface area contributed by atoms with Gasteiger partial charge in [0, 0.05) is 51.1 Å². The Kier molecular flexibility index (Phi) is 6.16. The second-order valence-electron chi connectivity index (χ2n) is 11.0. The Hall–Kier alpha value is -3.29. The van der Waals surface area contributed by atoms with E-state index in [0.717, 1.165) is 44.2 Å². The first kappa shape index (κ1) is 26.3. The van der Waals surface area contributed by atoms with E-state index in [2.05, 4.69) is 15.2 Å². The number of halogens is 1. The average Bonchev–Trinajstić information content (AvgIpc) is 3.37. The van der Waals surface area contributed by atoms with Crippen LogP contribution in [-0.2, 0) is 19.8 Å². The second-order valence-corrected chi connectivity index (χ2v) is 16.3. The maximum absolute atomic E-state index is 14.0. The van der Waals surface area contributed by atoms with E-state index in [9.17, 15) is 17.4 Å². The summed E-state index contributed by atoms with van der Waals surface area (Å²) in [4.78, 5) is 4.62. The fourth-order valence-corrected chi connectivity index (χ4v) is 8.21. The van der Waals surface area contributed by atoms with Crippen molar-refractivity contribution in [3.63, 3.8) is 0 Å². The van der Waals surface area contributed by atoms with Crippen LogP contribution in [0, 0.1) is 12.7 Å². The van der Waals surface area contributed by atoms with E-state index in [1.807, 2.05) is 43.5 Å². The number of nitrogens with zero attached hydrogens (tertiary/aromatic N) is 3. The minimum atomic E-state index is -3.38. The summed E-state index contributed by atoms with van der Waals surface area (Å²) in [5, 5.41) is 8.97. The summed E-state index contributed by atoms with van der Waals surface area (Å²) in [5.41, 5.74) is 5.24. The summed E-state index contributed by atoms with van der Waals surface area (Å²) in [7, 11) is -5.98. The second kappa shape index (κ2) is 8.89. The van der Waals surface area contributed by atoms with Crippen molar-refractivity contribution in [2.45, 2.75) is 26.2 Å². The number of aromatic amines is 1. The van der Waals surface area contributed by atoms with Crippen LogP contribution >= 0.6 is 7.14 Å². The highest BCUT2D eigenvalue weighted by atomic mass is 32.2. The Labute approximate surface area is 221 Å². The summed E-state index contributed by atoms with van der Waals surface area (Å²) < 4.78 is 54.0. The normalized spacial score (nSPS) is 13.0. The summed E-state index contributed by atoms with van der Waals surface area (Å²) in [6, 6.07) is 12.1. The summed E-state index contributed by atoms with van der Waals surface area (Å²) in [5.74, 6) is -0.466. The van der Waals surface area contributed by atoms with E-state index in [4.69, 9.17) is 0 Å². The Morgan fingerprint density at radius 2 is 1.76 bits per heavy atom. The Morgan fingerprint density at radius 1 is 1.08 bits per heavy atom. The molecule has 5 rings (SSSR count). The fourth-order valence-electron chi connectivity index (χ4n) is 5.51. The molecule has 0 spiro atoms. The lowest BCUT2D eigenvalue weighted by Crippen LogP contribution is -2.30. The van der Waals surface area contributed by atoms with Gasteiger partial charge < -0.3 is 9.13 Å². The number of benzene rings is 2. The van der Waals surface area contributed by atoms with Gasteiger partial charge in [-0.05, 0) is 68.3 Å². The van der Waals surface area contributed by atoms with Crippen LogP contribution in [0.1, 0.15) is 25.1 Å². The third-order valence-electron chi connectivity index (χ3n) is 6.73. The summed E-state index contributed by atoms with van der Waals surface area (Å²) in [6.07, 6.45) is 4.68. The molecule has 0 saturated heterocycles. The zero-order chi connectivity index (χ0) is 27.6. The quantitative estimate of drug-likeness (QED) is 0.277. The number of pyridine rings is 1. The molecule has 5 aromatic rings. The molecule has 3 aromatic heterocycles. The van der Waals surface area contributed by atoms with Crippen molar-refractivity contribution in [2.75, 3.05) is 25.3 Å². The first-order valence-corrected chi connectivity index (χ1v) is 16.8. The van der Waals surface area contributed by atoms with Crippen LogP contribution in [0.5, 0.6) is 0 Å². The number of aryl methyl sites for hydroxylation is 1. The van der Waals surface area contributed by atoms with Gasteiger partial charge in [0.05, 0.1) is 23.0 Å². The molecule has 38 heavy (non-hydrogen) atoms. The molecular weight excluding hydrogens is 522 g/mol. The van der Waals surface area contributed by atoms with Gasteiger partial charge in [0.15, 0.2) is 0 Å². The van der Waals surface area contributed by atoms with Crippen molar-refractivity contribution in [3.8, 4) is 16.8 Å². The van der Waals surface area contributed by atoms with Gasteiger partial charge in [-0.15, -0.1) is 0 Å². The lowest BCUT2D eigenvalue weighted by Gasteiger charge is -2.28. The number of H-pyrrole nitrogens is 1. The highest BCUT2D eigenvalue weighted by Crippen LogP contribution is 2.45. The summed E-state index contributed by atoms with van der Waals surface area (Å²) in [6.45, 7) is 9.08. The highest BCUT2D eigenvalue weighted by Gasteiger charge is 2.35. The van der Waals surface area contributed by atoms with Gasteiger partial charge >= 0.3 is 0 Å². The molecule has 1 N–H and O–H groups in total. The molecule has 0 amide bonds. The molecule has 10 heteroatoms. The number of rotatable bonds is 6. The zero-order valence-corrected chi connectivity index (χ0v) is 23.9. The Morgan fingerprint density at radius 3 is 2.37 bits per heavy atom. The maximum atomic E-state index is 14.0. The van der Waals surface area contributed by atoms with Crippen molar-refractivity contribution in [1.29, 1.82) is 0 Å². The predicted molar refractivity (Wildman–Crippen MR) is 153 cm³/mol. The molecule has 0 radical (unpaired) electrons. The largest absolute Gasteiger partial charge is 0.318 e. The van der Waals surface area contributed by atoms with Crippen LogP contribution < -0.4 is 5.44 Å². The van der Waals surface area contributed by atoms with E-state index in [0.29, 0.717) is 11.1 Å². The third kappa shape index (κ3) is 4.69. The van der Waals surface area contributed by atoms with Crippen LogP contribution in [0.25, 0.3) is 38.6 Å². The van der Waals surface area contributed by atoms with Gasteiger partial charge in [0.2, 0.25) is 0 Å². The monoisotopic (exact) mass is 552 g/mol. The van der Waals surface area contributed by atoms with Crippen LogP contribution in [-0.4, -0.2) is 53.5 Å². The molecule has 2 aromatic carbocycles. The number of fused-ring (bicyclic) bond motifs is 2. The van der Waals surface area contributed by atoms with Crippen LogP contribution in [0.2, 0.25) is 0 Å². The SMILES string of the molecule is Cc1cc(-c2c(C(C)(C)CS(C)(=O)=O)n(-c3ccc(F)cc3)c3cc4cn[nH]c4cc23)cnc1P(C)(C)=O. The van der Waals surface area contributed by atoms with E-state index in [1.165, 1.54) is 18.4 Å². The first-order valence-electron chi connectivity index (χ1n) is 12.1. The minimum absolute atomic E-state index is 0.104. The minimum Gasteiger partial charge on any atom is -0.318 e. The van der Waals surface area contributed by atoms with Crippen molar-refractivity contribution in [3.05, 3.63) is 71.9 Å². The van der Waals surface area contributed by atoms with Gasteiger partial charge in [0.1, 0.15) is 28.2 Å². The maximum Gasteiger partial charge on any atom is 0.148 e. The molecule has 0 atom stereocenters. The summed E-state index contributed by atoms with van der Waals surface area (Å²) >= 11 is 0. The molecule has 0 unspecified atom stereocenters. The van der Waals surface area contributed by atoms with Crippen molar-refractivity contribution in [2.24, 2.45) is 0 Å². The predicted octanol–water partition coefficient (Wildman–Crippen LogP) is 5.59. The number of sulfone groups is 1. The van der Waals surface area contributed by atoms with Crippen LogP contribution in [0.4, 0.5) is 4.39 Å². The van der Waals surface area contributed by atoms with Crippen molar-refractivity contribution < 1.29 is 17.4 Å². The smallest absolute Gasteiger partial charge is 0.148 e. The fraction of sp³-hybridized carbons (Fsp3) is 0.286. The van der Waals surface area contributed by atoms with E-state index >= 15 is 0 Å². The van der Waals surface area contributed by atoms with Gasteiger partial charge in [-0.1, -0.05) is 13.8 Å². The van der Waals surface area contributed by atoms with Crippen molar-refractivity contribution >= 4 is 44.2 Å². The van der Waals surface area contributed by atoms with E-state index < -0.39 is 22.4 Å². The van der Waals surface area contributed by atoms with Crippen LogP contribution in [0.3, 0.4) is 0 Å². The molecule has 7 nitrogen and oxygen atoms in total. The molecule has 0 saturated carbocycles. The molecule has 0 aliphatic carbocycles. The third-order valence-corrected chi connectivity index (χ3v) is 9.46. The highest BCUT2D eigenvalue weighted by molar-refractivity contribution is 7.90.